The van der Waals surface area contributed by atoms with E-state index in [2.05, 4.69) is 4.90 Å². The summed E-state index contributed by atoms with van der Waals surface area (Å²) in [6, 6.07) is 16.7. The maximum Gasteiger partial charge on any atom is 0.340 e. The highest BCUT2D eigenvalue weighted by Crippen LogP contribution is 2.25. The number of halogens is 1. The van der Waals surface area contributed by atoms with Crippen molar-refractivity contribution < 1.29 is 9.53 Å². The number of rotatable bonds is 6. The van der Waals surface area contributed by atoms with Gasteiger partial charge in [0, 0.05) is 13.0 Å². The second kappa shape index (κ2) is 7.97. The minimum absolute atomic E-state index is 0.285. The first-order chi connectivity index (χ1) is 10.6. The molecule has 4 heteroatoms. The Morgan fingerprint density at radius 1 is 1.09 bits per heavy atom. The lowest BCUT2D eigenvalue weighted by atomic mass is 10.1. The molecule has 0 aromatic heterocycles. The second-order valence-corrected chi connectivity index (χ2v) is 5.78. The molecule has 116 valence electrons. The van der Waals surface area contributed by atoms with Gasteiger partial charge in [0.1, 0.15) is 6.10 Å². The third-order valence-corrected chi connectivity index (χ3v) is 3.68. The lowest BCUT2D eigenvalue weighted by Gasteiger charge is -2.20. The molecule has 0 aliphatic heterocycles. The Morgan fingerprint density at radius 2 is 1.73 bits per heavy atom. The smallest absolute Gasteiger partial charge is 0.340 e. The first-order valence-corrected chi connectivity index (χ1v) is 7.61. The Hall–Kier alpha value is -1.84. The summed E-state index contributed by atoms with van der Waals surface area (Å²) < 4.78 is 5.70. The van der Waals surface area contributed by atoms with E-state index in [-0.39, 0.29) is 6.10 Å². The molecule has 0 N–H and O–H groups in total. The Balaban J connectivity index is 2.16. The van der Waals surface area contributed by atoms with Crippen molar-refractivity contribution in [2.24, 2.45) is 0 Å². The van der Waals surface area contributed by atoms with Crippen molar-refractivity contribution in [3.63, 3.8) is 0 Å². The first-order valence-electron chi connectivity index (χ1n) is 7.23. The maximum absolute atomic E-state index is 12.4. The van der Waals surface area contributed by atoms with Gasteiger partial charge in [-0.05, 0) is 31.8 Å². The number of carbonyl (C=O) groups is 1. The molecule has 2 aromatic carbocycles. The Kier molecular flexibility index (Phi) is 5.99. The predicted molar refractivity (Wildman–Crippen MR) is 89.2 cm³/mol. The van der Waals surface area contributed by atoms with E-state index in [9.17, 15) is 4.79 Å². The van der Waals surface area contributed by atoms with Crippen LogP contribution < -0.4 is 0 Å². The highest BCUT2D eigenvalue weighted by atomic mass is 35.5. The molecule has 0 unspecified atom stereocenters. The van der Waals surface area contributed by atoms with Crippen LogP contribution in [0.25, 0.3) is 0 Å². The third-order valence-electron chi connectivity index (χ3n) is 3.35. The summed E-state index contributed by atoms with van der Waals surface area (Å²) in [7, 11) is 4.00. The van der Waals surface area contributed by atoms with Gasteiger partial charge in [0.15, 0.2) is 0 Å². The number of carbonyl (C=O) groups excluding carboxylic acids is 1. The van der Waals surface area contributed by atoms with E-state index in [4.69, 9.17) is 16.3 Å². The predicted octanol–water partition coefficient (Wildman–Crippen LogP) is 4.19. The number of hydrogen-bond donors (Lipinski definition) is 0. The van der Waals surface area contributed by atoms with Crippen molar-refractivity contribution >= 4 is 17.6 Å². The van der Waals surface area contributed by atoms with Crippen molar-refractivity contribution in [1.29, 1.82) is 0 Å². The van der Waals surface area contributed by atoms with Crippen molar-refractivity contribution in [3.05, 3.63) is 70.7 Å². The molecule has 0 bridgehead atoms. The average Bonchev–Trinajstić information content (AvgIpc) is 2.52. The molecule has 0 spiro atoms. The molecule has 2 aromatic rings. The summed E-state index contributed by atoms with van der Waals surface area (Å²) in [4.78, 5) is 14.4. The fourth-order valence-corrected chi connectivity index (χ4v) is 2.37. The highest BCUT2D eigenvalue weighted by Gasteiger charge is 2.19. The maximum atomic E-state index is 12.4. The molecule has 0 heterocycles. The van der Waals surface area contributed by atoms with E-state index < -0.39 is 5.97 Å². The molecule has 22 heavy (non-hydrogen) atoms. The van der Waals surface area contributed by atoms with E-state index in [1.165, 1.54) is 0 Å². The van der Waals surface area contributed by atoms with Gasteiger partial charge in [0.05, 0.1) is 10.6 Å². The van der Waals surface area contributed by atoms with E-state index in [0.717, 1.165) is 18.5 Å². The van der Waals surface area contributed by atoms with E-state index >= 15 is 0 Å². The van der Waals surface area contributed by atoms with Crippen LogP contribution in [0.5, 0.6) is 0 Å². The third kappa shape index (κ3) is 4.58. The molecule has 0 aliphatic carbocycles. The number of hydrogen-bond acceptors (Lipinski definition) is 3. The number of ether oxygens (including phenoxy) is 1. The van der Waals surface area contributed by atoms with Gasteiger partial charge < -0.3 is 9.64 Å². The summed E-state index contributed by atoms with van der Waals surface area (Å²) >= 11 is 6.07. The normalized spacial score (nSPS) is 12.2. The molecule has 0 radical (unpaired) electrons. The van der Waals surface area contributed by atoms with Crippen LogP contribution in [0.4, 0.5) is 0 Å². The first kappa shape index (κ1) is 16.5. The molecule has 1 atom stereocenters. The number of nitrogens with zero attached hydrogens (tertiary/aromatic N) is 1. The van der Waals surface area contributed by atoms with Gasteiger partial charge in [-0.2, -0.15) is 0 Å². The Labute approximate surface area is 136 Å². The van der Waals surface area contributed by atoms with Gasteiger partial charge in [0.25, 0.3) is 0 Å². The minimum Gasteiger partial charge on any atom is -0.454 e. The zero-order valence-corrected chi connectivity index (χ0v) is 13.6. The minimum atomic E-state index is -0.391. The second-order valence-electron chi connectivity index (χ2n) is 5.38. The summed E-state index contributed by atoms with van der Waals surface area (Å²) in [6.07, 6.45) is 0.445. The molecule has 2 rings (SSSR count). The van der Waals surface area contributed by atoms with Gasteiger partial charge in [-0.25, -0.2) is 4.79 Å². The van der Waals surface area contributed by atoms with Gasteiger partial charge in [0.2, 0.25) is 0 Å². The van der Waals surface area contributed by atoms with E-state index in [0.29, 0.717) is 10.6 Å². The SMILES string of the molecule is CN(C)CC[C@H](OC(=O)c1ccccc1Cl)c1ccccc1. The highest BCUT2D eigenvalue weighted by molar-refractivity contribution is 6.33. The standard InChI is InChI=1S/C18H20ClNO2/c1-20(2)13-12-17(14-8-4-3-5-9-14)22-18(21)15-10-6-7-11-16(15)19/h3-11,17H,12-13H2,1-2H3/t17-/m0/s1. The van der Waals surface area contributed by atoms with Crippen molar-refractivity contribution in [3.8, 4) is 0 Å². The Morgan fingerprint density at radius 3 is 2.36 bits per heavy atom. The summed E-state index contributed by atoms with van der Waals surface area (Å²) in [5, 5.41) is 0.409. The van der Waals surface area contributed by atoms with Crippen LogP contribution in [-0.4, -0.2) is 31.5 Å². The van der Waals surface area contributed by atoms with Gasteiger partial charge >= 0.3 is 5.97 Å². The molecule has 0 saturated heterocycles. The van der Waals surface area contributed by atoms with E-state index in [1.807, 2.05) is 44.4 Å². The van der Waals surface area contributed by atoms with Crippen LogP contribution in [-0.2, 0) is 4.74 Å². The van der Waals surface area contributed by atoms with Crippen LogP contribution in [0.2, 0.25) is 5.02 Å². The average molecular weight is 318 g/mol. The number of esters is 1. The van der Waals surface area contributed by atoms with Gasteiger partial charge in [-0.3, -0.25) is 0 Å². The van der Waals surface area contributed by atoms with Crippen molar-refractivity contribution in [1.82, 2.24) is 4.90 Å². The van der Waals surface area contributed by atoms with Gasteiger partial charge in [-0.1, -0.05) is 54.1 Å². The Bertz CT molecular complexity index is 613. The zero-order chi connectivity index (χ0) is 15.9. The molecular formula is C18H20ClNO2. The van der Waals surface area contributed by atoms with Crippen LogP contribution in [0.3, 0.4) is 0 Å². The fourth-order valence-electron chi connectivity index (χ4n) is 2.16. The molecule has 0 saturated carbocycles. The van der Waals surface area contributed by atoms with Crippen LogP contribution in [0.15, 0.2) is 54.6 Å². The number of benzene rings is 2. The topological polar surface area (TPSA) is 29.5 Å². The molecule has 0 aliphatic rings. The van der Waals surface area contributed by atoms with Gasteiger partial charge in [-0.15, -0.1) is 0 Å². The van der Waals surface area contributed by atoms with Crippen LogP contribution >= 0.6 is 11.6 Å². The van der Waals surface area contributed by atoms with Crippen molar-refractivity contribution in [2.75, 3.05) is 20.6 Å². The lowest BCUT2D eigenvalue weighted by molar-refractivity contribution is 0.0261. The van der Waals surface area contributed by atoms with Crippen LogP contribution in [0, 0.1) is 0 Å². The van der Waals surface area contributed by atoms with Crippen LogP contribution in [0.1, 0.15) is 28.4 Å². The summed E-state index contributed by atoms with van der Waals surface area (Å²) in [5.41, 5.74) is 1.39. The molecule has 3 nitrogen and oxygen atoms in total. The zero-order valence-electron chi connectivity index (χ0n) is 12.8. The molecular weight excluding hydrogens is 298 g/mol. The quantitative estimate of drug-likeness (QED) is 0.748. The summed E-state index contributed by atoms with van der Waals surface area (Å²) in [6.45, 7) is 0.829. The largest absolute Gasteiger partial charge is 0.454 e. The fraction of sp³-hybridized carbons (Fsp3) is 0.278. The summed E-state index contributed by atoms with van der Waals surface area (Å²) in [5.74, 6) is -0.391. The van der Waals surface area contributed by atoms with Crippen molar-refractivity contribution in [2.45, 2.75) is 12.5 Å². The lowest BCUT2D eigenvalue weighted by Crippen LogP contribution is -2.19. The van der Waals surface area contributed by atoms with E-state index in [1.54, 1.807) is 24.3 Å². The molecule has 0 fully saturated rings. The molecule has 0 amide bonds. The monoisotopic (exact) mass is 317 g/mol.